The maximum Gasteiger partial charge on any atom is 0.255 e. The first-order chi connectivity index (χ1) is 8.86. The lowest BCUT2D eigenvalue weighted by atomic mass is 9.87. The van der Waals surface area contributed by atoms with E-state index in [2.05, 4.69) is 26.1 Å². The summed E-state index contributed by atoms with van der Waals surface area (Å²) < 4.78 is 13.0. The number of hydrogen-bond acceptors (Lipinski definition) is 1. The van der Waals surface area contributed by atoms with Gasteiger partial charge >= 0.3 is 0 Å². The smallest absolute Gasteiger partial charge is 0.255 e. The normalized spacial score (nSPS) is 19.2. The third-order valence-corrected chi connectivity index (χ3v) is 3.36. The van der Waals surface area contributed by atoms with Crippen molar-refractivity contribution in [3.63, 3.8) is 0 Å². The Morgan fingerprint density at radius 2 is 1.89 bits per heavy atom. The molecule has 19 heavy (non-hydrogen) atoms. The number of rotatable bonds is 2. The minimum absolute atomic E-state index is 0.0738. The Hall–Kier alpha value is -1.64. The molecule has 3 heteroatoms. The molecule has 0 saturated carbocycles. The summed E-state index contributed by atoms with van der Waals surface area (Å²) >= 11 is 0. The van der Waals surface area contributed by atoms with Crippen LogP contribution in [-0.2, 0) is 5.41 Å². The third kappa shape index (κ3) is 3.43. The SMILES string of the molecule is CC(C)(C)c1ccc(C(=O)NC2=CC(F)CC2)cc1. The molecule has 0 aliphatic heterocycles. The van der Waals surface area contributed by atoms with E-state index >= 15 is 0 Å². The van der Waals surface area contributed by atoms with Crippen LogP contribution in [0.4, 0.5) is 4.39 Å². The Morgan fingerprint density at radius 3 is 2.37 bits per heavy atom. The zero-order valence-corrected chi connectivity index (χ0v) is 11.7. The van der Waals surface area contributed by atoms with Gasteiger partial charge in [0.25, 0.3) is 5.91 Å². The van der Waals surface area contributed by atoms with E-state index < -0.39 is 6.17 Å². The molecule has 1 amide bonds. The number of carbonyl (C=O) groups is 1. The maximum absolute atomic E-state index is 13.0. The van der Waals surface area contributed by atoms with Gasteiger partial charge in [0.1, 0.15) is 6.17 Å². The van der Waals surface area contributed by atoms with Crippen LogP contribution in [-0.4, -0.2) is 12.1 Å². The van der Waals surface area contributed by atoms with Gasteiger partial charge in [-0.15, -0.1) is 0 Å². The topological polar surface area (TPSA) is 29.1 Å². The average Bonchev–Trinajstić information content (AvgIpc) is 2.74. The van der Waals surface area contributed by atoms with Crippen LogP contribution in [0.25, 0.3) is 0 Å². The molecule has 2 rings (SSSR count). The summed E-state index contributed by atoms with van der Waals surface area (Å²) in [6.45, 7) is 6.40. The monoisotopic (exact) mass is 261 g/mol. The Morgan fingerprint density at radius 1 is 1.26 bits per heavy atom. The highest BCUT2D eigenvalue weighted by Gasteiger charge is 2.18. The van der Waals surface area contributed by atoms with Crippen LogP contribution >= 0.6 is 0 Å². The van der Waals surface area contributed by atoms with Gasteiger partial charge in [-0.05, 0) is 42.0 Å². The van der Waals surface area contributed by atoms with Gasteiger partial charge < -0.3 is 5.32 Å². The average molecular weight is 261 g/mol. The molecule has 0 bridgehead atoms. The lowest BCUT2D eigenvalue weighted by Crippen LogP contribution is -2.22. The quantitative estimate of drug-likeness (QED) is 0.863. The Kier molecular flexibility index (Phi) is 3.74. The molecule has 0 aromatic heterocycles. The minimum atomic E-state index is -0.918. The van der Waals surface area contributed by atoms with E-state index in [1.807, 2.05) is 24.3 Å². The van der Waals surface area contributed by atoms with Gasteiger partial charge in [0.15, 0.2) is 0 Å². The van der Waals surface area contributed by atoms with E-state index in [0.717, 1.165) is 0 Å². The van der Waals surface area contributed by atoms with Crippen molar-refractivity contribution in [2.24, 2.45) is 0 Å². The molecule has 1 aromatic rings. The van der Waals surface area contributed by atoms with Crippen molar-refractivity contribution >= 4 is 5.91 Å². The largest absolute Gasteiger partial charge is 0.326 e. The number of alkyl halides is 1. The molecule has 1 aliphatic carbocycles. The summed E-state index contributed by atoms with van der Waals surface area (Å²) in [5, 5.41) is 2.77. The van der Waals surface area contributed by atoms with Crippen LogP contribution in [0.2, 0.25) is 0 Å². The van der Waals surface area contributed by atoms with Crippen LogP contribution in [0.5, 0.6) is 0 Å². The van der Waals surface area contributed by atoms with E-state index in [4.69, 9.17) is 0 Å². The second-order valence-corrected chi connectivity index (χ2v) is 6.03. The number of allylic oxidation sites excluding steroid dienone is 2. The number of hydrogen-bond donors (Lipinski definition) is 1. The van der Waals surface area contributed by atoms with Gasteiger partial charge in [0, 0.05) is 11.3 Å². The number of halogens is 1. The van der Waals surface area contributed by atoms with E-state index in [0.29, 0.717) is 24.1 Å². The zero-order chi connectivity index (χ0) is 14.0. The van der Waals surface area contributed by atoms with Gasteiger partial charge in [-0.3, -0.25) is 4.79 Å². The van der Waals surface area contributed by atoms with E-state index in [9.17, 15) is 9.18 Å². The van der Waals surface area contributed by atoms with Crippen molar-refractivity contribution in [3.8, 4) is 0 Å². The molecule has 0 saturated heterocycles. The van der Waals surface area contributed by atoms with Gasteiger partial charge in [-0.1, -0.05) is 32.9 Å². The highest BCUT2D eigenvalue weighted by molar-refractivity contribution is 5.95. The van der Waals surface area contributed by atoms with Crippen molar-refractivity contribution in [2.75, 3.05) is 0 Å². The summed E-state index contributed by atoms with van der Waals surface area (Å²) in [5.74, 6) is -0.166. The molecule has 102 valence electrons. The molecule has 1 aliphatic rings. The maximum atomic E-state index is 13.0. The molecule has 1 N–H and O–H groups in total. The predicted molar refractivity (Wildman–Crippen MR) is 74.8 cm³/mol. The molecular weight excluding hydrogens is 241 g/mol. The zero-order valence-electron chi connectivity index (χ0n) is 11.7. The van der Waals surface area contributed by atoms with Crippen LogP contribution in [0.3, 0.4) is 0 Å². The molecule has 0 radical (unpaired) electrons. The fourth-order valence-electron chi connectivity index (χ4n) is 2.12. The summed E-state index contributed by atoms with van der Waals surface area (Å²) in [7, 11) is 0. The van der Waals surface area contributed by atoms with E-state index in [1.165, 1.54) is 11.6 Å². The molecule has 1 unspecified atom stereocenters. The lowest BCUT2D eigenvalue weighted by molar-refractivity contribution is 0.0965. The summed E-state index contributed by atoms with van der Waals surface area (Å²) in [5.41, 5.74) is 2.56. The lowest BCUT2D eigenvalue weighted by Gasteiger charge is -2.19. The molecule has 1 atom stereocenters. The van der Waals surface area contributed by atoms with Gasteiger partial charge in [-0.2, -0.15) is 0 Å². The molecular formula is C16H20FNO. The first kappa shape index (κ1) is 13.8. The molecule has 0 heterocycles. The number of carbonyl (C=O) groups excluding carboxylic acids is 1. The summed E-state index contributed by atoms with van der Waals surface area (Å²) in [4.78, 5) is 12.0. The molecule has 0 fully saturated rings. The van der Waals surface area contributed by atoms with Crippen LogP contribution in [0, 0.1) is 0 Å². The second kappa shape index (κ2) is 5.16. The number of benzene rings is 1. The highest BCUT2D eigenvalue weighted by Crippen LogP contribution is 2.23. The van der Waals surface area contributed by atoms with Crippen molar-refractivity contribution in [1.82, 2.24) is 5.32 Å². The van der Waals surface area contributed by atoms with Gasteiger partial charge in [-0.25, -0.2) is 4.39 Å². The highest BCUT2D eigenvalue weighted by atomic mass is 19.1. The van der Waals surface area contributed by atoms with Crippen LogP contribution in [0.1, 0.15) is 49.5 Å². The molecule has 2 nitrogen and oxygen atoms in total. The fraction of sp³-hybridized carbons (Fsp3) is 0.438. The Bertz CT molecular complexity index is 496. The van der Waals surface area contributed by atoms with E-state index in [1.54, 1.807) is 0 Å². The van der Waals surface area contributed by atoms with Crippen molar-refractivity contribution in [2.45, 2.75) is 45.2 Å². The van der Waals surface area contributed by atoms with Crippen molar-refractivity contribution in [3.05, 3.63) is 47.2 Å². The Labute approximate surface area is 113 Å². The van der Waals surface area contributed by atoms with Crippen molar-refractivity contribution < 1.29 is 9.18 Å². The Balaban J connectivity index is 2.06. The predicted octanol–water partition coefficient (Wildman–Crippen LogP) is 3.73. The second-order valence-electron chi connectivity index (χ2n) is 6.03. The van der Waals surface area contributed by atoms with Crippen LogP contribution in [0.15, 0.2) is 36.0 Å². The van der Waals surface area contributed by atoms with Gasteiger partial charge in [0.05, 0.1) is 0 Å². The molecule has 0 spiro atoms. The minimum Gasteiger partial charge on any atom is -0.326 e. The van der Waals surface area contributed by atoms with Crippen molar-refractivity contribution in [1.29, 1.82) is 0 Å². The summed E-state index contributed by atoms with van der Waals surface area (Å²) in [6.07, 6.45) is 1.64. The standard InChI is InChI=1S/C16H20FNO/c1-16(2,3)12-6-4-11(5-7-12)15(19)18-14-9-8-13(17)10-14/h4-7,10,13H,8-9H2,1-3H3,(H,18,19). The third-order valence-electron chi connectivity index (χ3n) is 3.36. The van der Waals surface area contributed by atoms with E-state index in [-0.39, 0.29) is 11.3 Å². The van der Waals surface area contributed by atoms with Gasteiger partial charge in [0.2, 0.25) is 0 Å². The first-order valence-electron chi connectivity index (χ1n) is 6.63. The molecule has 1 aromatic carbocycles. The summed E-state index contributed by atoms with van der Waals surface area (Å²) in [6, 6.07) is 7.57. The number of amides is 1. The number of nitrogens with one attached hydrogen (secondary N) is 1. The van der Waals surface area contributed by atoms with Crippen LogP contribution < -0.4 is 5.32 Å². The fourth-order valence-corrected chi connectivity index (χ4v) is 2.12. The first-order valence-corrected chi connectivity index (χ1v) is 6.63.